The smallest absolute Gasteiger partial charge is 0.187 e. The Kier molecular flexibility index (Phi) is 3.96. The van der Waals surface area contributed by atoms with E-state index in [9.17, 15) is 0 Å². The van der Waals surface area contributed by atoms with Gasteiger partial charge in [0.25, 0.3) is 0 Å². The summed E-state index contributed by atoms with van der Waals surface area (Å²) in [5.74, 6) is 0.681. The molecule has 1 aliphatic rings. The van der Waals surface area contributed by atoms with Gasteiger partial charge in [-0.25, -0.2) is 0 Å². The highest BCUT2D eigenvalue weighted by atomic mass is 16.8. The number of aliphatic hydroxyl groups is 1. The molecule has 2 unspecified atom stereocenters. The fourth-order valence-electron chi connectivity index (χ4n) is 1.85. The van der Waals surface area contributed by atoms with Gasteiger partial charge in [0.15, 0.2) is 12.6 Å². The molecule has 0 saturated carbocycles. The molecule has 0 spiro atoms. The fraction of sp³-hybridized carbons (Fsp3) is 0.500. The Morgan fingerprint density at radius 3 is 2.53 bits per heavy atom. The van der Waals surface area contributed by atoms with Crippen molar-refractivity contribution in [2.45, 2.75) is 12.6 Å². The first-order chi connectivity index (χ1) is 8.30. The molecule has 0 aromatic heterocycles. The molecule has 94 valence electrons. The largest absolute Gasteiger partial charge is 0.491 e. The summed E-state index contributed by atoms with van der Waals surface area (Å²) in [5, 5.41) is 8.70. The van der Waals surface area contributed by atoms with Crippen molar-refractivity contribution in [3.8, 4) is 5.75 Å². The van der Waals surface area contributed by atoms with Crippen molar-refractivity contribution >= 4 is 0 Å². The third-order valence-corrected chi connectivity index (χ3v) is 2.60. The van der Waals surface area contributed by atoms with E-state index in [-0.39, 0.29) is 13.2 Å². The molecule has 1 N–H and O–H groups in total. The molecule has 0 amide bonds. The zero-order valence-corrected chi connectivity index (χ0v) is 9.88. The lowest BCUT2D eigenvalue weighted by Crippen LogP contribution is -2.03. The van der Waals surface area contributed by atoms with Crippen LogP contribution in [-0.4, -0.2) is 32.5 Å². The zero-order chi connectivity index (χ0) is 12.3. The number of hydrogen-bond acceptors (Lipinski definition) is 5. The lowest BCUT2D eigenvalue weighted by molar-refractivity contribution is -0.217. The number of ether oxygens (including phenoxy) is 4. The van der Waals surface area contributed by atoms with Crippen LogP contribution in [0.25, 0.3) is 0 Å². The second-order valence-corrected chi connectivity index (χ2v) is 3.63. The molecule has 1 aliphatic heterocycles. The van der Waals surface area contributed by atoms with Gasteiger partial charge in [-0.2, -0.15) is 0 Å². The van der Waals surface area contributed by atoms with Gasteiger partial charge in [-0.15, -0.1) is 0 Å². The summed E-state index contributed by atoms with van der Waals surface area (Å²) in [6, 6.07) is 5.55. The van der Waals surface area contributed by atoms with Crippen molar-refractivity contribution < 1.29 is 24.1 Å². The highest BCUT2D eigenvalue weighted by Crippen LogP contribution is 2.41. The summed E-state index contributed by atoms with van der Waals surface area (Å²) in [4.78, 5) is 0. The highest BCUT2D eigenvalue weighted by Gasteiger charge is 2.32. The van der Waals surface area contributed by atoms with Gasteiger partial charge in [0.05, 0.1) is 6.61 Å². The van der Waals surface area contributed by atoms with E-state index < -0.39 is 12.6 Å². The Bertz CT molecular complexity index is 379. The zero-order valence-electron chi connectivity index (χ0n) is 9.88. The SMILES string of the molecule is COC1OC(OC)c2cc(OCCO)ccc21. The van der Waals surface area contributed by atoms with E-state index in [1.807, 2.05) is 18.2 Å². The molecule has 5 heteroatoms. The summed E-state index contributed by atoms with van der Waals surface area (Å²) < 4.78 is 21.3. The van der Waals surface area contributed by atoms with E-state index >= 15 is 0 Å². The molecule has 0 bridgehead atoms. The van der Waals surface area contributed by atoms with E-state index in [1.54, 1.807) is 14.2 Å². The van der Waals surface area contributed by atoms with Crippen LogP contribution in [0.1, 0.15) is 23.7 Å². The molecular formula is C12H16O5. The average Bonchev–Trinajstić information content (AvgIpc) is 2.73. The minimum Gasteiger partial charge on any atom is -0.491 e. The van der Waals surface area contributed by atoms with Crippen LogP contribution in [0.2, 0.25) is 0 Å². The van der Waals surface area contributed by atoms with Crippen LogP contribution in [0.15, 0.2) is 18.2 Å². The minimum atomic E-state index is -0.437. The molecular weight excluding hydrogens is 224 g/mol. The molecule has 0 radical (unpaired) electrons. The molecule has 1 aromatic rings. The van der Waals surface area contributed by atoms with Gasteiger partial charge in [0.1, 0.15) is 12.4 Å². The highest BCUT2D eigenvalue weighted by molar-refractivity contribution is 5.39. The van der Waals surface area contributed by atoms with Crippen molar-refractivity contribution in [1.29, 1.82) is 0 Å². The Morgan fingerprint density at radius 1 is 1.18 bits per heavy atom. The molecule has 5 nitrogen and oxygen atoms in total. The second kappa shape index (κ2) is 5.46. The van der Waals surface area contributed by atoms with Crippen LogP contribution in [0.3, 0.4) is 0 Å². The van der Waals surface area contributed by atoms with E-state index in [0.717, 1.165) is 11.1 Å². The van der Waals surface area contributed by atoms with Crippen LogP contribution >= 0.6 is 0 Å². The molecule has 0 saturated heterocycles. The lowest BCUT2D eigenvalue weighted by atomic mass is 10.1. The first-order valence-electron chi connectivity index (χ1n) is 5.38. The molecule has 0 aliphatic carbocycles. The van der Waals surface area contributed by atoms with Crippen LogP contribution in [0.5, 0.6) is 5.75 Å². The summed E-state index contributed by atoms with van der Waals surface area (Å²) in [6.45, 7) is 0.257. The minimum absolute atomic E-state index is 0.0119. The van der Waals surface area contributed by atoms with Crippen molar-refractivity contribution in [2.24, 2.45) is 0 Å². The third-order valence-electron chi connectivity index (χ3n) is 2.60. The molecule has 0 fully saturated rings. The summed E-state index contributed by atoms with van der Waals surface area (Å²) >= 11 is 0. The van der Waals surface area contributed by atoms with E-state index in [2.05, 4.69) is 0 Å². The maximum atomic E-state index is 8.70. The van der Waals surface area contributed by atoms with Gasteiger partial charge in [0.2, 0.25) is 0 Å². The number of benzene rings is 1. The third kappa shape index (κ3) is 2.42. The Labute approximate surface area is 99.9 Å². The monoisotopic (exact) mass is 240 g/mol. The Balaban J connectivity index is 2.24. The van der Waals surface area contributed by atoms with E-state index in [0.29, 0.717) is 5.75 Å². The van der Waals surface area contributed by atoms with Gasteiger partial charge in [-0.05, 0) is 18.2 Å². The Morgan fingerprint density at radius 2 is 1.88 bits per heavy atom. The average molecular weight is 240 g/mol. The maximum absolute atomic E-state index is 8.70. The van der Waals surface area contributed by atoms with Gasteiger partial charge >= 0.3 is 0 Å². The molecule has 1 heterocycles. The normalized spacial score (nSPS) is 22.5. The standard InChI is InChI=1S/C12H16O5/c1-14-11-9-4-3-8(16-6-5-13)7-10(9)12(15-2)17-11/h3-4,7,11-13H,5-6H2,1-2H3. The van der Waals surface area contributed by atoms with Gasteiger partial charge in [0, 0.05) is 25.3 Å². The number of aliphatic hydroxyl groups excluding tert-OH is 1. The predicted molar refractivity (Wildman–Crippen MR) is 59.6 cm³/mol. The van der Waals surface area contributed by atoms with E-state index in [4.69, 9.17) is 24.1 Å². The second-order valence-electron chi connectivity index (χ2n) is 3.63. The van der Waals surface area contributed by atoms with Gasteiger partial charge in [-0.1, -0.05) is 0 Å². The van der Waals surface area contributed by atoms with Crippen molar-refractivity contribution in [1.82, 2.24) is 0 Å². The van der Waals surface area contributed by atoms with Crippen molar-refractivity contribution in [2.75, 3.05) is 27.4 Å². The van der Waals surface area contributed by atoms with Crippen LogP contribution in [0.4, 0.5) is 0 Å². The van der Waals surface area contributed by atoms with Crippen LogP contribution in [-0.2, 0) is 14.2 Å². The van der Waals surface area contributed by atoms with Crippen LogP contribution < -0.4 is 4.74 Å². The summed E-state index contributed by atoms with van der Waals surface area (Å²) in [6.07, 6.45) is -0.838. The van der Waals surface area contributed by atoms with Gasteiger partial charge < -0.3 is 24.1 Å². The number of methoxy groups -OCH3 is 2. The molecule has 2 atom stereocenters. The summed E-state index contributed by atoms with van der Waals surface area (Å²) in [7, 11) is 3.16. The first-order valence-corrected chi connectivity index (χ1v) is 5.38. The van der Waals surface area contributed by atoms with Gasteiger partial charge in [-0.3, -0.25) is 0 Å². The number of fused-ring (bicyclic) bond motifs is 1. The predicted octanol–water partition coefficient (Wildman–Crippen LogP) is 1.38. The molecule has 17 heavy (non-hydrogen) atoms. The number of hydrogen-bond donors (Lipinski definition) is 1. The van der Waals surface area contributed by atoms with Crippen LogP contribution in [0, 0.1) is 0 Å². The van der Waals surface area contributed by atoms with Crippen molar-refractivity contribution in [3.63, 3.8) is 0 Å². The fourth-order valence-corrected chi connectivity index (χ4v) is 1.85. The Hall–Kier alpha value is -1.14. The maximum Gasteiger partial charge on any atom is 0.187 e. The first kappa shape index (κ1) is 12.3. The van der Waals surface area contributed by atoms with E-state index in [1.165, 1.54) is 0 Å². The number of rotatable bonds is 5. The molecule has 2 rings (SSSR count). The topological polar surface area (TPSA) is 57.2 Å². The lowest BCUT2D eigenvalue weighted by Gasteiger charge is -2.10. The quantitative estimate of drug-likeness (QED) is 0.842. The summed E-state index contributed by atoms with van der Waals surface area (Å²) in [5.41, 5.74) is 1.84. The molecule has 1 aromatic carbocycles. The van der Waals surface area contributed by atoms with Crippen molar-refractivity contribution in [3.05, 3.63) is 29.3 Å².